The molecule has 1 N–H and O–H groups in total. The van der Waals surface area contributed by atoms with Gasteiger partial charge in [-0.3, -0.25) is 0 Å². The van der Waals surface area contributed by atoms with Crippen molar-refractivity contribution in [2.45, 2.75) is 39.2 Å². The van der Waals surface area contributed by atoms with Crippen LogP contribution in [0.2, 0.25) is 0 Å². The summed E-state index contributed by atoms with van der Waals surface area (Å²) in [6.07, 6.45) is 2.98. The molecule has 3 rings (SSSR count). The van der Waals surface area contributed by atoms with E-state index >= 15 is 4.39 Å². The van der Waals surface area contributed by atoms with Gasteiger partial charge < -0.3 is 9.84 Å². The number of hydrogen-bond acceptors (Lipinski definition) is 2. The topological polar surface area (TPSA) is 29.5 Å². The van der Waals surface area contributed by atoms with Crippen molar-refractivity contribution in [1.29, 1.82) is 0 Å². The van der Waals surface area contributed by atoms with E-state index in [0.717, 1.165) is 18.1 Å². The lowest BCUT2D eigenvalue weighted by Gasteiger charge is -2.20. The van der Waals surface area contributed by atoms with Crippen LogP contribution in [0, 0.1) is 23.3 Å². The maximum absolute atomic E-state index is 15.2. The smallest absolute Gasteiger partial charge is 0.191 e. The van der Waals surface area contributed by atoms with Gasteiger partial charge in [0.05, 0.1) is 11.7 Å². The third-order valence-corrected chi connectivity index (χ3v) is 5.13. The molecule has 2 nitrogen and oxygen atoms in total. The number of allylic oxidation sites excluding steroid dienone is 2. The van der Waals surface area contributed by atoms with Crippen molar-refractivity contribution in [3.05, 3.63) is 76.1 Å². The Kier molecular flexibility index (Phi) is 6.33. The van der Waals surface area contributed by atoms with E-state index in [2.05, 4.69) is 9.24 Å². The summed E-state index contributed by atoms with van der Waals surface area (Å²) in [6.45, 7) is 3.18. The largest absolute Gasteiger partial charge is 0.508 e. The minimum absolute atomic E-state index is 0.0319. The summed E-state index contributed by atoms with van der Waals surface area (Å²) in [5.74, 6) is -4.86. The van der Waals surface area contributed by atoms with Gasteiger partial charge in [-0.25, -0.2) is 17.6 Å². The highest BCUT2D eigenvalue weighted by Crippen LogP contribution is 2.37. The Morgan fingerprint density at radius 3 is 2.34 bits per heavy atom. The van der Waals surface area contributed by atoms with Gasteiger partial charge in [-0.1, -0.05) is 6.07 Å². The van der Waals surface area contributed by atoms with Crippen LogP contribution in [0.25, 0.3) is 5.57 Å². The second-order valence-corrected chi connectivity index (χ2v) is 7.78. The van der Waals surface area contributed by atoms with Gasteiger partial charge in [0, 0.05) is 6.07 Å². The molecule has 154 valence electrons. The summed E-state index contributed by atoms with van der Waals surface area (Å²) < 4.78 is 62.9. The number of aliphatic hydroxyl groups is 1. The van der Waals surface area contributed by atoms with E-state index in [1.807, 2.05) is 0 Å². The summed E-state index contributed by atoms with van der Waals surface area (Å²) >= 11 is 0. The monoisotopic (exact) mass is 424 g/mol. The molecule has 0 radical (unpaired) electrons. The second kappa shape index (κ2) is 8.58. The first-order valence-electron chi connectivity index (χ1n) is 9.21. The first-order valence-corrected chi connectivity index (χ1v) is 9.79. The predicted molar refractivity (Wildman–Crippen MR) is 108 cm³/mol. The van der Waals surface area contributed by atoms with Gasteiger partial charge in [-0.15, -0.1) is 9.24 Å². The predicted octanol–water partition coefficient (Wildman–Crippen LogP) is 5.96. The van der Waals surface area contributed by atoms with Crippen molar-refractivity contribution in [1.82, 2.24) is 0 Å². The molecule has 0 amide bonds. The number of hydrogen-bond donors (Lipinski definition) is 1. The molecule has 29 heavy (non-hydrogen) atoms. The molecule has 0 aromatic heterocycles. The Morgan fingerprint density at radius 1 is 1.10 bits per heavy atom. The third-order valence-electron chi connectivity index (χ3n) is 4.66. The molecule has 1 atom stereocenters. The fourth-order valence-electron chi connectivity index (χ4n) is 3.07. The van der Waals surface area contributed by atoms with Crippen LogP contribution >= 0.6 is 9.24 Å². The van der Waals surface area contributed by atoms with Crippen LogP contribution < -0.4 is 10.0 Å². The molecule has 1 fully saturated rings. The van der Waals surface area contributed by atoms with Gasteiger partial charge in [-0.2, -0.15) is 0 Å². The van der Waals surface area contributed by atoms with Crippen LogP contribution in [0.1, 0.15) is 44.2 Å². The van der Waals surface area contributed by atoms with E-state index in [1.54, 1.807) is 13.8 Å². The molecule has 2 aromatic carbocycles. The van der Waals surface area contributed by atoms with Crippen molar-refractivity contribution in [3.63, 3.8) is 0 Å². The van der Waals surface area contributed by atoms with Gasteiger partial charge in [0.2, 0.25) is 0 Å². The number of halogens is 4. The molecule has 0 saturated heterocycles. The lowest BCUT2D eigenvalue weighted by molar-refractivity contribution is 0.218. The van der Waals surface area contributed by atoms with Gasteiger partial charge in [-0.05, 0) is 73.3 Å². The van der Waals surface area contributed by atoms with E-state index in [1.165, 1.54) is 18.2 Å². The molecule has 1 saturated carbocycles. The Labute approximate surface area is 169 Å². The Hall–Kier alpha value is -2.33. The molecular formula is C22H21F4O2P. The molecule has 0 heterocycles. The van der Waals surface area contributed by atoms with Crippen molar-refractivity contribution in [2.24, 2.45) is 0 Å². The molecule has 1 unspecified atom stereocenters. The fourth-order valence-corrected chi connectivity index (χ4v) is 3.49. The highest BCUT2D eigenvalue weighted by molar-refractivity contribution is 7.27. The molecule has 1 aliphatic carbocycles. The molecule has 0 bridgehead atoms. The maximum Gasteiger partial charge on any atom is 0.191 e. The highest BCUT2D eigenvalue weighted by Gasteiger charge is 2.26. The Morgan fingerprint density at radius 2 is 1.79 bits per heavy atom. The first-order chi connectivity index (χ1) is 13.7. The van der Waals surface area contributed by atoms with E-state index < -0.39 is 40.7 Å². The van der Waals surface area contributed by atoms with Crippen LogP contribution in [-0.2, 0) is 0 Å². The van der Waals surface area contributed by atoms with Crippen molar-refractivity contribution in [3.8, 4) is 5.75 Å². The molecule has 7 heteroatoms. The van der Waals surface area contributed by atoms with E-state index in [0.29, 0.717) is 24.2 Å². The average Bonchev–Trinajstić information content (AvgIpc) is 2.56. The quantitative estimate of drug-likeness (QED) is 0.365. The first kappa shape index (κ1) is 21.4. The molecule has 0 aliphatic heterocycles. The minimum atomic E-state index is -1.22. The standard InChI is InChI=1S/C22H21F4O2P/c1-11(2)28-22-17(25)10-16(24)20(21(22)26)15(9-18(27)12-4-3-5-12)14-7-6-13(23)8-19(14)29/h6-11,27H,3-5,29H2,1-2H3/b15-9-. The van der Waals surface area contributed by atoms with Gasteiger partial charge in [0.25, 0.3) is 0 Å². The van der Waals surface area contributed by atoms with Crippen LogP contribution in [0.3, 0.4) is 0 Å². The lowest BCUT2D eigenvalue weighted by Crippen LogP contribution is -2.12. The number of rotatable bonds is 5. The van der Waals surface area contributed by atoms with Gasteiger partial charge in [0.1, 0.15) is 17.4 Å². The Bertz CT molecular complexity index is 1010. The normalized spacial score (nSPS) is 14.2. The summed E-state index contributed by atoms with van der Waals surface area (Å²) in [7, 11) is 2.30. The van der Waals surface area contributed by atoms with Gasteiger partial charge in [0.15, 0.2) is 17.4 Å². The Balaban J connectivity index is 2.28. The van der Waals surface area contributed by atoms with Crippen LogP contribution in [-0.4, -0.2) is 11.2 Å². The second-order valence-electron chi connectivity index (χ2n) is 7.16. The van der Waals surface area contributed by atoms with Crippen molar-refractivity contribution >= 4 is 20.1 Å². The van der Waals surface area contributed by atoms with Crippen molar-refractivity contribution < 1.29 is 27.4 Å². The summed E-state index contributed by atoms with van der Waals surface area (Å²) in [5.41, 5.74) is 0.457. The van der Waals surface area contributed by atoms with Crippen molar-refractivity contribution in [2.75, 3.05) is 0 Å². The lowest BCUT2D eigenvalue weighted by atomic mass is 9.89. The third kappa shape index (κ3) is 4.48. The zero-order valence-corrected chi connectivity index (χ0v) is 17.2. The number of benzene rings is 2. The zero-order chi connectivity index (χ0) is 21.3. The van der Waals surface area contributed by atoms with Crippen LogP contribution in [0.5, 0.6) is 5.75 Å². The molecule has 2 aromatic rings. The fraction of sp³-hybridized carbons (Fsp3) is 0.273. The van der Waals surface area contributed by atoms with E-state index in [4.69, 9.17) is 4.74 Å². The number of ether oxygens (including phenoxy) is 1. The molecule has 1 aliphatic rings. The average molecular weight is 424 g/mol. The highest BCUT2D eigenvalue weighted by atomic mass is 31.0. The van der Waals surface area contributed by atoms with Crippen LogP contribution in [0.4, 0.5) is 17.6 Å². The van der Waals surface area contributed by atoms with E-state index in [-0.39, 0.29) is 16.9 Å². The summed E-state index contributed by atoms with van der Waals surface area (Å²) in [5, 5.41) is 10.8. The summed E-state index contributed by atoms with van der Waals surface area (Å²) in [4.78, 5) is 0. The molecule has 0 spiro atoms. The SMILES string of the molecule is CC(C)Oc1c(F)cc(F)c(/C(=C\C(O)=C2CCC2)c2ccc(F)cc2P)c1F. The van der Waals surface area contributed by atoms with Crippen LogP contribution in [0.15, 0.2) is 41.7 Å². The minimum Gasteiger partial charge on any atom is -0.508 e. The maximum atomic E-state index is 15.2. The number of aliphatic hydroxyl groups excluding tert-OH is 1. The van der Waals surface area contributed by atoms with E-state index in [9.17, 15) is 18.3 Å². The molecular weight excluding hydrogens is 403 g/mol. The van der Waals surface area contributed by atoms with Gasteiger partial charge >= 0.3 is 0 Å². The summed E-state index contributed by atoms with van der Waals surface area (Å²) in [6, 6.07) is 4.23. The zero-order valence-electron chi connectivity index (χ0n) is 16.0.